The third kappa shape index (κ3) is 2.72. The second-order valence-electron chi connectivity index (χ2n) is 5.47. The summed E-state index contributed by atoms with van der Waals surface area (Å²) in [6, 6.07) is 0. The SMILES string of the molecule is CC1CCCN(C(=O)C(=O)Nc2cncc3cn[nH]c23)C1. The van der Waals surface area contributed by atoms with Crippen LogP contribution in [0.25, 0.3) is 10.9 Å². The van der Waals surface area contributed by atoms with Gasteiger partial charge in [-0.2, -0.15) is 5.10 Å². The van der Waals surface area contributed by atoms with Gasteiger partial charge in [0.25, 0.3) is 0 Å². The lowest BCUT2D eigenvalue weighted by Gasteiger charge is -2.30. The molecule has 1 aliphatic heterocycles. The zero-order chi connectivity index (χ0) is 14.8. The van der Waals surface area contributed by atoms with Gasteiger partial charge in [-0.15, -0.1) is 0 Å². The number of fused-ring (bicyclic) bond motifs is 1. The summed E-state index contributed by atoms with van der Waals surface area (Å²) in [7, 11) is 0. The summed E-state index contributed by atoms with van der Waals surface area (Å²) in [6.07, 6.45) is 6.81. The first-order chi connectivity index (χ1) is 10.1. The average molecular weight is 287 g/mol. The standard InChI is InChI=1S/C14H17N5O2/c1-9-3-2-4-19(8-9)14(21)13(20)17-11-7-15-5-10-6-16-18-12(10)11/h5-7,9H,2-4,8H2,1H3,(H,16,18)(H,17,20). The molecule has 1 fully saturated rings. The monoisotopic (exact) mass is 287 g/mol. The molecule has 2 amide bonds. The number of amides is 2. The lowest BCUT2D eigenvalue weighted by molar-refractivity contribution is -0.144. The van der Waals surface area contributed by atoms with E-state index < -0.39 is 11.8 Å². The maximum atomic E-state index is 12.2. The first kappa shape index (κ1) is 13.5. The summed E-state index contributed by atoms with van der Waals surface area (Å²) in [5.41, 5.74) is 1.13. The van der Waals surface area contributed by atoms with E-state index in [2.05, 4.69) is 27.4 Å². The molecule has 1 unspecified atom stereocenters. The van der Waals surface area contributed by atoms with Gasteiger partial charge in [0.05, 0.1) is 23.6 Å². The van der Waals surface area contributed by atoms with Crippen molar-refractivity contribution in [3.8, 4) is 0 Å². The normalized spacial score (nSPS) is 18.7. The van der Waals surface area contributed by atoms with Crippen molar-refractivity contribution in [2.45, 2.75) is 19.8 Å². The van der Waals surface area contributed by atoms with Crippen molar-refractivity contribution >= 4 is 28.4 Å². The van der Waals surface area contributed by atoms with Crippen LogP contribution in [0.5, 0.6) is 0 Å². The minimum absolute atomic E-state index is 0.438. The Hall–Kier alpha value is -2.44. The average Bonchev–Trinajstić information content (AvgIpc) is 2.96. The molecule has 0 bridgehead atoms. The largest absolute Gasteiger partial charge is 0.334 e. The molecule has 2 aromatic heterocycles. The van der Waals surface area contributed by atoms with Crippen LogP contribution in [-0.2, 0) is 9.59 Å². The van der Waals surface area contributed by atoms with Crippen LogP contribution in [0.3, 0.4) is 0 Å². The molecule has 0 aliphatic carbocycles. The maximum Gasteiger partial charge on any atom is 0.314 e. The van der Waals surface area contributed by atoms with Crippen molar-refractivity contribution in [2.24, 2.45) is 5.92 Å². The van der Waals surface area contributed by atoms with E-state index in [1.165, 1.54) is 6.20 Å². The second kappa shape index (κ2) is 5.51. The van der Waals surface area contributed by atoms with Crippen LogP contribution in [0, 0.1) is 5.92 Å². The summed E-state index contributed by atoms with van der Waals surface area (Å²) in [5.74, 6) is -0.681. The molecular formula is C14H17N5O2. The van der Waals surface area contributed by atoms with Crippen molar-refractivity contribution in [3.63, 3.8) is 0 Å². The van der Waals surface area contributed by atoms with E-state index in [1.807, 2.05) is 0 Å². The van der Waals surface area contributed by atoms with Crippen molar-refractivity contribution < 1.29 is 9.59 Å². The number of nitrogens with zero attached hydrogens (tertiary/aromatic N) is 3. The molecular weight excluding hydrogens is 270 g/mol. The van der Waals surface area contributed by atoms with Crippen molar-refractivity contribution in [1.29, 1.82) is 0 Å². The Kier molecular flexibility index (Phi) is 3.55. The first-order valence-corrected chi connectivity index (χ1v) is 7.02. The molecule has 0 radical (unpaired) electrons. The van der Waals surface area contributed by atoms with E-state index in [9.17, 15) is 9.59 Å². The molecule has 110 valence electrons. The predicted molar refractivity (Wildman–Crippen MR) is 77.5 cm³/mol. The van der Waals surface area contributed by atoms with Gasteiger partial charge in [0.15, 0.2) is 0 Å². The Labute approximate surface area is 121 Å². The third-order valence-corrected chi connectivity index (χ3v) is 3.74. The van der Waals surface area contributed by atoms with E-state index in [-0.39, 0.29) is 0 Å². The molecule has 2 aromatic rings. The molecule has 3 heterocycles. The van der Waals surface area contributed by atoms with E-state index >= 15 is 0 Å². The van der Waals surface area contributed by atoms with Gasteiger partial charge in [-0.1, -0.05) is 6.92 Å². The van der Waals surface area contributed by atoms with E-state index in [0.29, 0.717) is 30.2 Å². The molecule has 1 saturated heterocycles. The smallest absolute Gasteiger partial charge is 0.314 e. The number of H-pyrrole nitrogens is 1. The zero-order valence-electron chi connectivity index (χ0n) is 11.8. The molecule has 21 heavy (non-hydrogen) atoms. The minimum Gasteiger partial charge on any atom is -0.334 e. The maximum absolute atomic E-state index is 12.2. The number of pyridine rings is 1. The van der Waals surface area contributed by atoms with Gasteiger partial charge < -0.3 is 10.2 Å². The molecule has 7 nitrogen and oxygen atoms in total. The number of rotatable bonds is 1. The quantitative estimate of drug-likeness (QED) is 0.770. The molecule has 1 atom stereocenters. The van der Waals surface area contributed by atoms with Crippen LogP contribution < -0.4 is 5.32 Å². The number of hydrogen-bond acceptors (Lipinski definition) is 4. The Bertz CT molecular complexity index is 681. The zero-order valence-corrected chi connectivity index (χ0v) is 11.8. The van der Waals surface area contributed by atoms with Crippen LogP contribution in [0.4, 0.5) is 5.69 Å². The number of aromatic nitrogens is 3. The van der Waals surface area contributed by atoms with E-state index in [0.717, 1.165) is 18.2 Å². The summed E-state index contributed by atoms with van der Waals surface area (Å²) in [5, 5.41) is 10.1. The highest BCUT2D eigenvalue weighted by molar-refractivity contribution is 6.40. The number of carbonyl (C=O) groups is 2. The highest BCUT2D eigenvalue weighted by Crippen LogP contribution is 2.19. The third-order valence-electron chi connectivity index (χ3n) is 3.74. The van der Waals surface area contributed by atoms with Gasteiger partial charge in [0.2, 0.25) is 0 Å². The highest BCUT2D eigenvalue weighted by Gasteiger charge is 2.26. The van der Waals surface area contributed by atoms with Crippen LogP contribution in [0.1, 0.15) is 19.8 Å². The Balaban J connectivity index is 1.74. The number of anilines is 1. The Morgan fingerprint density at radius 1 is 1.38 bits per heavy atom. The summed E-state index contributed by atoms with van der Waals surface area (Å²) < 4.78 is 0. The summed E-state index contributed by atoms with van der Waals surface area (Å²) >= 11 is 0. The molecule has 3 rings (SSSR count). The van der Waals surface area contributed by atoms with Crippen LogP contribution in [0.2, 0.25) is 0 Å². The molecule has 7 heteroatoms. The summed E-state index contributed by atoms with van der Waals surface area (Å²) in [4.78, 5) is 29.9. The fourth-order valence-electron chi connectivity index (χ4n) is 2.65. The van der Waals surface area contributed by atoms with Crippen LogP contribution >= 0.6 is 0 Å². The van der Waals surface area contributed by atoms with Gasteiger partial charge in [-0.3, -0.25) is 19.7 Å². The number of aromatic amines is 1. The number of hydrogen-bond donors (Lipinski definition) is 2. The number of piperidine rings is 1. The molecule has 1 aliphatic rings. The fourth-order valence-corrected chi connectivity index (χ4v) is 2.65. The van der Waals surface area contributed by atoms with Gasteiger partial charge in [-0.05, 0) is 18.8 Å². The summed E-state index contributed by atoms with van der Waals surface area (Å²) in [6.45, 7) is 3.37. The van der Waals surface area contributed by atoms with Crippen molar-refractivity contribution in [2.75, 3.05) is 18.4 Å². The molecule has 2 N–H and O–H groups in total. The topological polar surface area (TPSA) is 91.0 Å². The van der Waals surface area contributed by atoms with Gasteiger partial charge in [-0.25, -0.2) is 0 Å². The van der Waals surface area contributed by atoms with E-state index in [1.54, 1.807) is 17.3 Å². The van der Waals surface area contributed by atoms with Gasteiger partial charge in [0, 0.05) is 24.7 Å². The van der Waals surface area contributed by atoms with Crippen molar-refractivity contribution in [3.05, 3.63) is 18.6 Å². The second-order valence-corrected chi connectivity index (χ2v) is 5.47. The van der Waals surface area contributed by atoms with Crippen LogP contribution in [0.15, 0.2) is 18.6 Å². The number of likely N-dealkylation sites (tertiary alicyclic amines) is 1. The highest BCUT2D eigenvalue weighted by atomic mass is 16.2. The molecule has 0 spiro atoms. The molecule has 0 saturated carbocycles. The lowest BCUT2D eigenvalue weighted by atomic mass is 10.0. The first-order valence-electron chi connectivity index (χ1n) is 7.02. The number of nitrogens with one attached hydrogen (secondary N) is 2. The number of carbonyl (C=O) groups excluding carboxylic acids is 2. The van der Waals surface area contributed by atoms with Gasteiger partial charge in [0.1, 0.15) is 0 Å². The van der Waals surface area contributed by atoms with Gasteiger partial charge >= 0.3 is 11.8 Å². The fraction of sp³-hybridized carbons (Fsp3) is 0.429. The molecule has 0 aromatic carbocycles. The predicted octanol–water partition coefficient (Wildman–Crippen LogP) is 1.15. The minimum atomic E-state index is -0.631. The Morgan fingerprint density at radius 2 is 2.24 bits per heavy atom. The van der Waals surface area contributed by atoms with Crippen LogP contribution in [-0.4, -0.2) is 45.0 Å². The van der Waals surface area contributed by atoms with E-state index in [4.69, 9.17) is 0 Å². The van der Waals surface area contributed by atoms with Crippen molar-refractivity contribution in [1.82, 2.24) is 20.1 Å². The Morgan fingerprint density at radius 3 is 3.05 bits per heavy atom. The lowest BCUT2D eigenvalue weighted by Crippen LogP contribution is -2.44.